The third kappa shape index (κ3) is 5.28. The van der Waals surface area contributed by atoms with E-state index in [9.17, 15) is 0 Å². The zero-order valence-electron chi connectivity index (χ0n) is 11.2. The van der Waals surface area contributed by atoms with E-state index in [1.807, 2.05) is 0 Å². The first-order valence-electron chi connectivity index (χ1n) is 6.71. The van der Waals surface area contributed by atoms with Crippen LogP contribution in [0.2, 0.25) is 0 Å². The second-order valence-corrected chi connectivity index (χ2v) is 5.03. The molecule has 1 saturated heterocycles. The molecular formula is C13H28N2O. The van der Waals surface area contributed by atoms with Gasteiger partial charge in [-0.15, -0.1) is 0 Å². The number of rotatable bonds is 6. The van der Waals surface area contributed by atoms with Crippen molar-refractivity contribution < 1.29 is 4.74 Å². The molecular weight excluding hydrogens is 200 g/mol. The fraction of sp³-hybridized carbons (Fsp3) is 1.00. The number of ether oxygens (including phenoxy) is 1. The number of hydrogen-bond acceptors (Lipinski definition) is 3. The number of nitrogens with zero attached hydrogens (tertiary/aromatic N) is 1. The second kappa shape index (κ2) is 8.04. The van der Waals surface area contributed by atoms with Crippen LogP contribution in [0.4, 0.5) is 0 Å². The average Bonchev–Trinajstić information content (AvgIpc) is 2.51. The van der Waals surface area contributed by atoms with Gasteiger partial charge in [-0.3, -0.25) is 0 Å². The Morgan fingerprint density at radius 3 is 2.88 bits per heavy atom. The Bertz CT molecular complexity index is 175. The lowest BCUT2D eigenvalue weighted by Gasteiger charge is -2.20. The van der Waals surface area contributed by atoms with Crippen LogP contribution >= 0.6 is 0 Å². The van der Waals surface area contributed by atoms with Crippen LogP contribution in [0.3, 0.4) is 0 Å². The van der Waals surface area contributed by atoms with Crippen molar-refractivity contribution >= 4 is 0 Å². The Balaban J connectivity index is 2.17. The number of methoxy groups -OCH3 is 1. The highest BCUT2D eigenvalue weighted by Crippen LogP contribution is 2.11. The summed E-state index contributed by atoms with van der Waals surface area (Å²) in [4.78, 5) is 2.56. The molecule has 0 aromatic carbocycles. The normalized spacial score (nSPS) is 25.3. The highest BCUT2D eigenvalue weighted by molar-refractivity contribution is 4.75. The molecule has 2 atom stereocenters. The fourth-order valence-corrected chi connectivity index (χ4v) is 2.39. The van der Waals surface area contributed by atoms with E-state index in [1.165, 1.54) is 38.9 Å². The summed E-state index contributed by atoms with van der Waals surface area (Å²) in [6.07, 6.45) is 3.97. The summed E-state index contributed by atoms with van der Waals surface area (Å²) in [5.41, 5.74) is 0. The summed E-state index contributed by atoms with van der Waals surface area (Å²) in [5.74, 6) is 0.621. The zero-order valence-corrected chi connectivity index (χ0v) is 11.2. The molecule has 96 valence electrons. The Kier molecular flexibility index (Phi) is 7.01. The molecule has 0 radical (unpaired) electrons. The van der Waals surface area contributed by atoms with Gasteiger partial charge in [-0.25, -0.2) is 0 Å². The summed E-state index contributed by atoms with van der Waals surface area (Å²) in [6.45, 7) is 10.2. The van der Waals surface area contributed by atoms with E-state index in [0.29, 0.717) is 5.92 Å². The first kappa shape index (κ1) is 13.9. The van der Waals surface area contributed by atoms with Crippen LogP contribution < -0.4 is 5.32 Å². The molecule has 0 aromatic heterocycles. The van der Waals surface area contributed by atoms with Gasteiger partial charge in [0, 0.05) is 26.3 Å². The van der Waals surface area contributed by atoms with E-state index in [4.69, 9.17) is 4.74 Å². The molecule has 1 N–H and O–H groups in total. The van der Waals surface area contributed by atoms with Crippen molar-refractivity contribution in [1.29, 1.82) is 0 Å². The van der Waals surface area contributed by atoms with Gasteiger partial charge >= 0.3 is 0 Å². The van der Waals surface area contributed by atoms with Crippen LogP contribution in [0.5, 0.6) is 0 Å². The molecule has 1 fully saturated rings. The van der Waals surface area contributed by atoms with Crippen molar-refractivity contribution in [1.82, 2.24) is 10.2 Å². The summed E-state index contributed by atoms with van der Waals surface area (Å²) in [5, 5.41) is 3.68. The highest BCUT2D eigenvalue weighted by Gasteiger charge is 2.15. The van der Waals surface area contributed by atoms with Gasteiger partial charge in [0.1, 0.15) is 0 Å². The van der Waals surface area contributed by atoms with Crippen molar-refractivity contribution in [2.75, 3.05) is 39.9 Å². The molecule has 0 saturated carbocycles. The molecule has 0 bridgehead atoms. The maximum atomic E-state index is 5.15. The molecule has 0 aromatic rings. The van der Waals surface area contributed by atoms with E-state index < -0.39 is 0 Å². The topological polar surface area (TPSA) is 24.5 Å². The third-order valence-corrected chi connectivity index (χ3v) is 3.47. The number of nitrogens with one attached hydrogen (secondary N) is 1. The molecule has 3 nitrogen and oxygen atoms in total. The second-order valence-electron chi connectivity index (χ2n) is 5.03. The predicted octanol–water partition coefficient (Wildman–Crippen LogP) is 1.73. The minimum Gasteiger partial charge on any atom is -0.384 e. The number of likely N-dealkylation sites (tertiary alicyclic amines) is 1. The summed E-state index contributed by atoms with van der Waals surface area (Å²) in [7, 11) is 1.78. The molecule has 1 heterocycles. The minimum absolute atomic E-state index is 0.621. The Labute approximate surface area is 101 Å². The van der Waals surface area contributed by atoms with E-state index >= 15 is 0 Å². The van der Waals surface area contributed by atoms with Crippen molar-refractivity contribution in [2.45, 2.75) is 39.2 Å². The molecule has 1 aliphatic rings. The Morgan fingerprint density at radius 1 is 1.38 bits per heavy atom. The molecule has 16 heavy (non-hydrogen) atoms. The highest BCUT2D eigenvalue weighted by atomic mass is 16.5. The number of hydrogen-bond donors (Lipinski definition) is 1. The van der Waals surface area contributed by atoms with Gasteiger partial charge in [-0.1, -0.05) is 13.8 Å². The van der Waals surface area contributed by atoms with Crippen molar-refractivity contribution in [3.63, 3.8) is 0 Å². The van der Waals surface area contributed by atoms with E-state index in [1.54, 1.807) is 7.11 Å². The summed E-state index contributed by atoms with van der Waals surface area (Å²) >= 11 is 0. The maximum absolute atomic E-state index is 5.15. The van der Waals surface area contributed by atoms with E-state index in [0.717, 1.165) is 19.2 Å². The van der Waals surface area contributed by atoms with Crippen LogP contribution in [-0.2, 0) is 4.74 Å². The molecule has 1 rings (SSSR count). The van der Waals surface area contributed by atoms with Gasteiger partial charge in [-0.2, -0.15) is 0 Å². The standard InChI is InChI=1S/C13H28N2O/c1-4-15-8-5-6-13(7-9-15)14-10-12(2)11-16-3/h12-14H,4-11H2,1-3H3. The Hall–Kier alpha value is -0.120. The van der Waals surface area contributed by atoms with Gasteiger partial charge in [0.05, 0.1) is 0 Å². The van der Waals surface area contributed by atoms with Crippen LogP contribution in [0, 0.1) is 5.92 Å². The summed E-state index contributed by atoms with van der Waals surface area (Å²) < 4.78 is 5.15. The van der Waals surface area contributed by atoms with Gasteiger partial charge in [0.15, 0.2) is 0 Å². The monoisotopic (exact) mass is 228 g/mol. The zero-order chi connectivity index (χ0) is 11.8. The van der Waals surface area contributed by atoms with Gasteiger partial charge in [0.2, 0.25) is 0 Å². The maximum Gasteiger partial charge on any atom is 0.0499 e. The predicted molar refractivity (Wildman–Crippen MR) is 68.8 cm³/mol. The van der Waals surface area contributed by atoms with Gasteiger partial charge < -0.3 is 15.0 Å². The molecule has 3 heteroatoms. The first-order valence-corrected chi connectivity index (χ1v) is 6.71. The lowest BCUT2D eigenvalue weighted by Crippen LogP contribution is -2.34. The van der Waals surface area contributed by atoms with Crippen LogP contribution in [0.25, 0.3) is 0 Å². The SMILES string of the molecule is CCN1CCCC(NCC(C)COC)CC1. The quantitative estimate of drug-likeness (QED) is 0.749. The lowest BCUT2D eigenvalue weighted by molar-refractivity contribution is 0.156. The molecule has 2 unspecified atom stereocenters. The summed E-state index contributed by atoms with van der Waals surface area (Å²) in [6, 6.07) is 0.718. The molecule has 0 aliphatic carbocycles. The molecule has 1 aliphatic heterocycles. The molecule has 0 amide bonds. The fourth-order valence-electron chi connectivity index (χ4n) is 2.39. The van der Waals surface area contributed by atoms with Gasteiger partial charge in [0.25, 0.3) is 0 Å². The van der Waals surface area contributed by atoms with Crippen LogP contribution in [0.15, 0.2) is 0 Å². The minimum atomic E-state index is 0.621. The van der Waals surface area contributed by atoms with Crippen molar-refractivity contribution in [2.24, 2.45) is 5.92 Å². The van der Waals surface area contributed by atoms with Crippen molar-refractivity contribution in [3.05, 3.63) is 0 Å². The lowest BCUT2D eigenvalue weighted by atomic mass is 10.1. The average molecular weight is 228 g/mol. The third-order valence-electron chi connectivity index (χ3n) is 3.47. The van der Waals surface area contributed by atoms with E-state index in [2.05, 4.69) is 24.1 Å². The van der Waals surface area contributed by atoms with Gasteiger partial charge in [-0.05, 0) is 44.8 Å². The largest absolute Gasteiger partial charge is 0.384 e. The van der Waals surface area contributed by atoms with Crippen LogP contribution in [-0.4, -0.2) is 50.8 Å². The first-order chi connectivity index (χ1) is 7.76. The Morgan fingerprint density at radius 2 is 2.19 bits per heavy atom. The van der Waals surface area contributed by atoms with Crippen LogP contribution in [0.1, 0.15) is 33.1 Å². The van der Waals surface area contributed by atoms with Crippen molar-refractivity contribution in [3.8, 4) is 0 Å². The van der Waals surface area contributed by atoms with E-state index in [-0.39, 0.29) is 0 Å². The molecule has 0 spiro atoms. The smallest absolute Gasteiger partial charge is 0.0499 e.